The van der Waals surface area contributed by atoms with E-state index in [0.29, 0.717) is 26.2 Å². The number of hydrogen-bond acceptors (Lipinski definition) is 5. The molecule has 0 spiro atoms. The Hall–Kier alpha value is -2.06. The summed E-state index contributed by atoms with van der Waals surface area (Å²) < 4.78 is 11.8. The lowest BCUT2D eigenvalue weighted by atomic mass is 9.99. The van der Waals surface area contributed by atoms with Crippen LogP contribution in [0.3, 0.4) is 0 Å². The first-order valence-corrected chi connectivity index (χ1v) is 10.3. The Morgan fingerprint density at radius 3 is 2.61 bits per heavy atom. The molecule has 1 unspecified atom stereocenters. The number of nitrogens with zero attached hydrogens (tertiary/aromatic N) is 1. The standard InChI is InChI=1S/C20H22Br2N2O4/c1-4-12(2)13-5-7-14(8-6-13)28-11-18(25)24-23-10-15-19(22)16(21)9-17(27-3)20(15)26/h5-10,12,26H,4,11H2,1-3H3,(H,24,25). The number of methoxy groups -OCH3 is 1. The fraction of sp³-hybridized carbons (Fsp3) is 0.300. The van der Waals surface area contributed by atoms with E-state index in [1.54, 1.807) is 6.07 Å². The monoisotopic (exact) mass is 512 g/mol. The Kier molecular flexibility index (Phi) is 8.32. The van der Waals surface area contributed by atoms with Gasteiger partial charge in [0.15, 0.2) is 18.1 Å². The summed E-state index contributed by atoms with van der Waals surface area (Å²) in [6.07, 6.45) is 2.39. The van der Waals surface area contributed by atoms with Crippen LogP contribution in [-0.4, -0.2) is 30.9 Å². The van der Waals surface area contributed by atoms with Crippen LogP contribution in [0.2, 0.25) is 0 Å². The molecule has 8 heteroatoms. The number of carbonyl (C=O) groups excluding carboxylic acids is 1. The number of halogens is 2. The zero-order valence-corrected chi connectivity index (χ0v) is 19.0. The first-order valence-electron chi connectivity index (χ1n) is 8.66. The van der Waals surface area contributed by atoms with Crippen LogP contribution in [0, 0.1) is 0 Å². The predicted octanol–water partition coefficient (Wildman–Crippen LogP) is 4.97. The molecule has 2 aromatic carbocycles. The summed E-state index contributed by atoms with van der Waals surface area (Å²) in [4.78, 5) is 11.9. The van der Waals surface area contributed by atoms with Gasteiger partial charge in [0.05, 0.1) is 18.9 Å². The molecule has 0 aliphatic rings. The number of hydrazone groups is 1. The molecule has 0 aromatic heterocycles. The zero-order valence-electron chi connectivity index (χ0n) is 15.8. The number of benzene rings is 2. The van der Waals surface area contributed by atoms with Crippen molar-refractivity contribution in [3.63, 3.8) is 0 Å². The summed E-state index contributed by atoms with van der Waals surface area (Å²) in [6, 6.07) is 9.32. The van der Waals surface area contributed by atoms with Gasteiger partial charge in [0.25, 0.3) is 5.91 Å². The van der Waals surface area contributed by atoms with E-state index < -0.39 is 5.91 Å². The smallest absolute Gasteiger partial charge is 0.277 e. The van der Waals surface area contributed by atoms with Gasteiger partial charge in [-0.15, -0.1) is 0 Å². The minimum atomic E-state index is -0.417. The van der Waals surface area contributed by atoms with E-state index in [-0.39, 0.29) is 18.1 Å². The van der Waals surface area contributed by atoms with Gasteiger partial charge in [-0.05, 0) is 68.0 Å². The number of hydrogen-bond donors (Lipinski definition) is 2. The van der Waals surface area contributed by atoms with Crippen molar-refractivity contribution in [2.45, 2.75) is 26.2 Å². The van der Waals surface area contributed by atoms with E-state index in [9.17, 15) is 9.90 Å². The highest BCUT2D eigenvalue weighted by atomic mass is 79.9. The molecule has 150 valence electrons. The van der Waals surface area contributed by atoms with Gasteiger partial charge < -0.3 is 14.6 Å². The number of phenols is 1. The minimum Gasteiger partial charge on any atom is -0.504 e. The first kappa shape index (κ1) is 22.2. The molecule has 6 nitrogen and oxygen atoms in total. The number of nitrogens with one attached hydrogen (secondary N) is 1. The molecule has 0 saturated carbocycles. The normalized spacial score (nSPS) is 12.0. The van der Waals surface area contributed by atoms with Gasteiger partial charge in [-0.1, -0.05) is 26.0 Å². The molecule has 0 saturated heterocycles. The van der Waals surface area contributed by atoms with Crippen LogP contribution in [0.25, 0.3) is 0 Å². The van der Waals surface area contributed by atoms with Crippen molar-refractivity contribution >= 4 is 44.0 Å². The van der Waals surface area contributed by atoms with Gasteiger partial charge in [0.2, 0.25) is 0 Å². The molecule has 0 aliphatic heterocycles. The molecule has 0 radical (unpaired) electrons. The van der Waals surface area contributed by atoms with Crippen molar-refractivity contribution in [1.82, 2.24) is 5.43 Å². The minimum absolute atomic E-state index is 0.0896. The van der Waals surface area contributed by atoms with Gasteiger partial charge in [-0.25, -0.2) is 5.43 Å². The van der Waals surface area contributed by atoms with Gasteiger partial charge in [0, 0.05) is 8.95 Å². The van der Waals surface area contributed by atoms with Crippen molar-refractivity contribution in [1.29, 1.82) is 0 Å². The van der Waals surface area contributed by atoms with Crippen molar-refractivity contribution < 1.29 is 19.4 Å². The molecule has 2 N–H and O–H groups in total. The van der Waals surface area contributed by atoms with Gasteiger partial charge in [0.1, 0.15) is 5.75 Å². The molecule has 2 rings (SSSR count). The van der Waals surface area contributed by atoms with Gasteiger partial charge in [-0.3, -0.25) is 4.79 Å². The number of amides is 1. The summed E-state index contributed by atoms with van der Waals surface area (Å²) in [5.41, 5.74) is 3.97. The number of rotatable bonds is 8. The van der Waals surface area contributed by atoms with Crippen molar-refractivity contribution in [2.24, 2.45) is 5.10 Å². The fourth-order valence-electron chi connectivity index (χ4n) is 2.36. The van der Waals surface area contributed by atoms with Gasteiger partial charge in [-0.2, -0.15) is 5.10 Å². The first-order chi connectivity index (χ1) is 13.4. The molecular weight excluding hydrogens is 492 g/mol. The second-order valence-electron chi connectivity index (χ2n) is 6.10. The van der Waals surface area contributed by atoms with E-state index >= 15 is 0 Å². The van der Waals surface area contributed by atoms with Crippen molar-refractivity contribution in [3.8, 4) is 17.2 Å². The van der Waals surface area contributed by atoms with E-state index in [1.807, 2.05) is 24.3 Å². The average molecular weight is 514 g/mol. The van der Waals surface area contributed by atoms with E-state index in [2.05, 4.69) is 56.2 Å². The van der Waals surface area contributed by atoms with Crippen LogP contribution in [0.15, 0.2) is 44.4 Å². The summed E-state index contributed by atoms with van der Waals surface area (Å²) in [6.45, 7) is 4.13. The van der Waals surface area contributed by atoms with E-state index in [0.717, 1.165) is 6.42 Å². The molecule has 28 heavy (non-hydrogen) atoms. The van der Waals surface area contributed by atoms with Crippen LogP contribution in [-0.2, 0) is 4.79 Å². The molecule has 0 bridgehead atoms. The topological polar surface area (TPSA) is 80.2 Å². The average Bonchev–Trinajstić information content (AvgIpc) is 2.71. The Morgan fingerprint density at radius 1 is 1.32 bits per heavy atom. The number of ether oxygens (including phenoxy) is 2. The third kappa shape index (κ3) is 5.72. The fourth-order valence-corrected chi connectivity index (χ4v) is 3.19. The summed E-state index contributed by atoms with van der Waals surface area (Å²) >= 11 is 6.71. The molecule has 1 atom stereocenters. The summed E-state index contributed by atoms with van der Waals surface area (Å²) in [5.74, 6) is 0.877. The van der Waals surface area contributed by atoms with Crippen molar-refractivity contribution in [3.05, 3.63) is 50.4 Å². The third-order valence-corrected chi connectivity index (χ3v) is 6.24. The second kappa shape index (κ2) is 10.5. The van der Waals surface area contributed by atoms with Crippen LogP contribution >= 0.6 is 31.9 Å². The molecule has 2 aromatic rings. The molecular formula is C20H22Br2N2O4. The highest BCUT2D eigenvalue weighted by Gasteiger charge is 2.14. The molecule has 0 fully saturated rings. The van der Waals surface area contributed by atoms with Crippen LogP contribution in [0.1, 0.15) is 37.3 Å². The summed E-state index contributed by atoms with van der Waals surface area (Å²) in [7, 11) is 1.45. The lowest BCUT2D eigenvalue weighted by Crippen LogP contribution is -2.24. The Labute approximate surface area is 181 Å². The maximum atomic E-state index is 11.9. The Morgan fingerprint density at radius 2 is 2.00 bits per heavy atom. The molecule has 1 amide bonds. The Bertz CT molecular complexity index is 854. The molecule has 0 heterocycles. The number of phenolic OH excluding ortho intramolecular Hbond substituents is 1. The lowest BCUT2D eigenvalue weighted by molar-refractivity contribution is -0.123. The highest BCUT2D eigenvalue weighted by Crippen LogP contribution is 2.39. The van der Waals surface area contributed by atoms with Crippen LogP contribution < -0.4 is 14.9 Å². The lowest BCUT2D eigenvalue weighted by Gasteiger charge is -2.10. The second-order valence-corrected chi connectivity index (χ2v) is 7.74. The number of aromatic hydroxyl groups is 1. The highest BCUT2D eigenvalue weighted by molar-refractivity contribution is 9.13. The van der Waals surface area contributed by atoms with E-state index in [4.69, 9.17) is 9.47 Å². The predicted molar refractivity (Wildman–Crippen MR) is 116 cm³/mol. The SMILES string of the molecule is CCC(C)c1ccc(OCC(=O)NN=Cc2c(O)c(OC)cc(Br)c2Br)cc1. The van der Waals surface area contributed by atoms with E-state index in [1.165, 1.54) is 18.9 Å². The third-order valence-electron chi connectivity index (χ3n) is 4.23. The molecule has 0 aliphatic carbocycles. The van der Waals surface area contributed by atoms with Crippen LogP contribution in [0.4, 0.5) is 0 Å². The van der Waals surface area contributed by atoms with Gasteiger partial charge >= 0.3 is 0 Å². The number of carbonyl (C=O) groups is 1. The largest absolute Gasteiger partial charge is 0.504 e. The quantitative estimate of drug-likeness (QED) is 0.386. The maximum Gasteiger partial charge on any atom is 0.277 e. The zero-order chi connectivity index (χ0) is 20.7. The maximum absolute atomic E-state index is 11.9. The van der Waals surface area contributed by atoms with Crippen LogP contribution in [0.5, 0.6) is 17.2 Å². The Balaban J connectivity index is 1.93. The summed E-state index contributed by atoms with van der Waals surface area (Å²) in [5, 5.41) is 14.1. The van der Waals surface area contributed by atoms with Crippen molar-refractivity contribution in [2.75, 3.05) is 13.7 Å².